The van der Waals surface area contributed by atoms with Gasteiger partial charge >= 0.3 is 0 Å². The second-order valence-electron chi connectivity index (χ2n) is 4.35. The maximum absolute atomic E-state index is 3.54. The van der Waals surface area contributed by atoms with Crippen molar-refractivity contribution in [3.63, 3.8) is 0 Å². The van der Waals surface area contributed by atoms with E-state index < -0.39 is 0 Å². The predicted molar refractivity (Wildman–Crippen MR) is 59.1 cm³/mol. The van der Waals surface area contributed by atoms with Crippen LogP contribution in [0.5, 0.6) is 0 Å². The van der Waals surface area contributed by atoms with Crippen LogP contribution >= 0.6 is 0 Å². The zero-order chi connectivity index (χ0) is 9.64. The molecule has 2 nitrogen and oxygen atoms in total. The van der Waals surface area contributed by atoms with Gasteiger partial charge in [0.25, 0.3) is 0 Å². The molecule has 78 valence electrons. The summed E-state index contributed by atoms with van der Waals surface area (Å²) in [6, 6.07) is 2.13. The van der Waals surface area contributed by atoms with Crippen molar-refractivity contribution in [1.29, 1.82) is 0 Å². The Hall–Kier alpha value is -0.760. The Morgan fingerprint density at radius 2 is 2.14 bits per heavy atom. The molecule has 2 N–H and O–H groups in total. The van der Waals surface area contributed by atoms with Gasteiger partial charge in [-0.05, 0) is 36.9 Å². The Bertz CT molecular complexity index is 235. The number of hydrogen-bond acceptors (Lipinski definition) is 1. The zero-order valence-electron chi connectivity index (χ0n) is 8.76. The van der Waals surface area contributed by atoms with E-state index in [0.29, 0.717) is 0 Å². The molecule has 0 atom stereocenters. The third kappa shape index (κ3) is 2.88. The van der Waals surface area contributed by atoms with Crippen molar-refractivity contribution >= 4 is 0 Å². The van der Waals surface area contributed by atoms with Crippen LogP contribution in [0.25, 0.3) is 0 Å². The van der Waals surface area contributed by atoms with Gasteiger partial charge in [0.1, 0.15) is 0 Å². The van der Waals surface area contributed by atoms with Gasteiger partial charge in [0.05, 0.1) is 0 Å². The number of aromatic amines is 1. The molecule has 1 saturated carbocycles. The number of rotatable bonds is 4. The summed E-state index contributed by atoms with van der Waals surface area (Å²) in [6.07, 6.45) is 11.2. The van der Waals surface area contributed by atoms with E-state index in [1.807, 2.05) is 6.20 Å². The fourth-order valence-corrected chi connectivity index (χ4v) is 2.28. The molecular weight excluding hydrogens is 172 g/mol. The largest absolute Gasteiger partial charge is 0.367 e. The average molecular weight is 192 g/mol. The summed E-state index contributed by atoms with van der Waals surface area (Å²) < 4.78 is 0. The van der Waals surface area contributed by atoms with Crippen LogP contribution in [-0.2, 0) is 6.54 Å². The van der Waals surface area contributed by atoms with Gasteiger partial charge in [-0.2, -0.15) is 0 Å². The van der Waals surface area contributed by atoms with Crippen LogP contribution in [0.4, 0.5) is 0 Å². The SMILES string of the molecule is c1cc(CNCC2CCCCC2)c[nH]1. The molecule has 1 aromatic heterocycles. The molecule has 1 aromatic rings. The molecule has 1 heterocycles. The van der Waals surface area contributed by atoms with E-state index >= 15 is 0 Å². The Morgan fingerprint density at radius 3 is 2.86 bits per heavy atom. The second-order valence-corrected chi connectivity index (χ2v) is 4.35. The molecule has 14 heavy (non-hydrogen) atoms. The molecule has 0 aromatic carbocycles. The topological polar surface area (TPSA) is 27.8 Å². The molecule has 0 bridgehead atoms. The van der Waals surface area contributed by atoms with Gasteiger partial charge in [0.2, 0.25) is 0 Å². The number of nitrogens with one attached hydrogen (secondary N) is 2. The normalized spacial score (nSPS) is 18.6. The van der Waals surface area contributed by atoms with Crippen molar-refractivity contribution < 1.29 is 0 Å². The van der Waals surface area contributed by atoms with E-state index in [9.17, 15) is 0 Å². The van der Waals surface area contributed by atoms with Crippen LogP contribution in [0.1, 0.15) is 37.7 Å². The van der Waals surface area contributed by atoms with Crippen molar-refractivity contribution in [2.24, 2.45) is 5.92 Å². The van der Waals surface area contributed by atoms with Gasteiger partial charge in [0.15, 0.2) is 0 Å². The third-order valence-corrected chi connectivity index (χ3v) is 3.15. The summed E-state index contributed by atoms with van der Waals surface area (Å²) in [5, 5.41) is 3.54. The fourth-order valence-electron chi connectivity index (χ4n) is 2.28. The first-order valence-electron chi connectivity index (χ1n) is 5.77. The summed E-state index contributed by atoms with van der Waals surface area (Å²) in [7, 11) is 0. The number of hydrogen-bond donors (Lipinski definition) is 2. The van der Waals surface area contributed by atoms with Crippen LogP contribution in [0, 0.1) is 5.92 Å². The van der Waals surface area contributed by atoms with E-state index in [2.05, 4.69) is 22.6 Å². The number of H-pyrrole nitrogens is 1. The Labute approximate surface area is 86.1 Å². The van der Waals surface area contributed by atoms with Gasteiger partial charge in [0, 0.05) is 18.9 Å². The predicted octanol–water partition coefficient (Wildman–Crippen LogP) is 2.68. The van der Waals surface area contributed by atoms with E-state index in [4.69, 9.17) is 0 Å². The minimum Gasteiger partial charge on any atom is -0.367 e. The molecular formula is C12H20N2. The molecule has 0 radical (unpaired) electrons. The molecule has 1 aliphatic rings. The minimum absolute atomic E-state index is 0.933. The van der Waals surface area contributed by atoms with Gasteiger partial charge in [-0.1, -0.05) is 19.3 Å². The molecule has 0 saturated heterocycles. The van der Waals surface area contributed by atoms with Crippen molar-refractivity contribution in [1.82, 2.24) is 10.3 Å². The summed E-state index contributed by atoms with van der Waals surface area (Å²) in [6.45, 7) is 2.21. The maximum Gasteiger partial charge on any atom is 0.0220 e. The van der Waals surface area contributed by atoms with Crippen LogP contribution in [0.15, 0.2) is 18.5 Å². The molecule has 0 amide bonds. The summed E-state index contributed by atoms with van der Waals surface area (Å²) in [5.74, 6) is 0.933. The maximum atomic E-state index is 3.54. The minimum atomic E-state index is 0.933. The highest BCUT2D eigenvalue weighted by molar-refractivity contribution is 5.07. The van der Waals surface area contributed by atoms with E-state index in [1.165, 1.54) is 44.2 Å². The Morgan fingerprint density at radius 1 is 1.29 bits per heavy atom. The summed E-state index contributed by atoms with van der Waals surface area (Å²) in [4.78, 5) is 3.08. The molecule has 2 rings (SSSR count). The van der Waals surface area contributed by atoms with E-state index in [1.54, 1.807) is 0 Å². The zero-order valence-corrected chi connectivity index (χ0v) is 8.76. The van der Waals surface area contributed by atoms with Crippen molar-refractivity contribution in [3.8, 4) is 0 Å². The summed E-state index contributed by atoms with van der Waals surface area (Å²) in [5.41, 5.74) is 1.36. The highest BCUT2D eigenvalue weighted by atomic mass is 14.9. The lowest BCUT2D eigenvalue weighted by molar-refractivity contribution is 0.342. The Kier molecular flexibility index (Phi) is 3.64. The molecule has 2 heteroatoms. The lowest BCUT2D eigenvalue weighted by atomic mass is 9.89. The number of aromatic nitrogens is 1. The Balaban J connectivity index is 1.62. The summed E-state index contributed by atoms with van der Waals surface area (Å²) >= 11 is 0. The van der Waals surface area contributed by atoms with Crippen LogP contribution < -0.4 is 5.32 Å². The van der Waals surface area contributed by atoms with Crippen molar-refractivity contribution in [2.75, 3.05) is 6.54 Å². The van der Waals surface area contributed by atoms with Crippen LogP contribution in [0.3, 0.4) is 0 Å². The van der Waals surface area contributed by atoms with E-state index in [0.717, 1.165) is 12.5 Å². The lowest BCUT2D eigenvalue weighted by Gasteiger charge is -2.21. The van der Waals surface area contributed by atoms with Gasteiger partial charge in [-0.3, -0.25) is 0 Å². The smallest absolute Gasteiger partial charge is 0.0220 e. The molecule has 0 aliphatic heterocycles. The van der Waals surface area contributed by atoms with E-state index in [-0.39, 0.29) is 0 Å². The van der Waals surface area contributed by atoms with Crippen molar-refractivity contribution in [2.45, 2.75) is 38.6 Å². The highest BCUT2D eigenvalue weighted by Gasteiger charge is 2.12. The lowest BCUT2D eigenvalue weighted by Crippen LogP contribution is -2.23. The first-order valence-corrected chi connectivity index (χ1v) is 5.77. The van der Waals surface area contributed by atoms with Gasteiger partial charge in [-0.25, -0.2) is 0 Å². The molecule has 1 aliphatic carbocycles. The quantitative estimate of drug-likeness (QED) is 0.754. The first kappa shape index (κ1) is 9.78. The first-order chi connectivity index (χ1) is 6.95. The van der Waals surface area contributed by atoms with Crippen LogP contribution in [-0.4, -0.2) is 11.5 Å². The molecule has 0 unspecified atom stereocenters. The monoisotopic (exact) mass is 192 g/mol. The van der Waals surface area contributed by atoms with Gasteiger partial charge in [-0.15, -0.1) is 0 Å². The third-order valence-electron chi connectivity index (χ3n) is 3.15. The average Bonchev–Trinajstić information content (AvgIpc) is 2.72. The van der Waals surface area contributed by atoms with Crippen molar-refractivity contribution in [3.05, 3.63) is 24.0 Å². The standard InChI is InChI=1S/C12H20N2/c1-2-4-11(5-3-1)8-14-10-12-6-7-13-9-12/h6-7,9,11,13-14H,1-5,8,10H2. The molecule has 0 spiro atoms. The van der Waals surface area contributed by atoms with Gasteiger partial charge < -0.3 is 10.3 Å². The highest BCUT2D eigenvalue weighted by Crippen LogP contribution is 2.22. The fraction of sp³-hybridized carbons (Fsp3) is 0.667. The second kappa shape index (κ2) is 5.20. The molecule has 1 fully saturated rings. The van der Waals surface area contributed by atoms with Crippen LogP contribution in [0.2, 0.25) is 0 Å².